The molecule has 1 aromatic heterocycles. The average Bonchev–Trinajstić information content (AvgIpc) is 2.91. The van der Waals surface area contributed by atoms with E-state index in [2.05, 4.69) is 15.6 Å². The highest BCUT2D eigenvalue weighted by Gasteiger charge is 2.22. The normalized spacial score (nSPS) is 14.8. The number of amides is 1. The van der Waals surface area contributed by atoms with Gasteiger partial charge < -0.3 is 10.4 Å². The van der Waals surface area contributed by atoms with Gasteiger partial charge in [-0.3, -0.25) is 9.48 Å². The first-order chi connectivity index (χ1) is 7.65. The van der Waals surface area contributed by atoms with Gasteiger partial charge in [-0.15, -0.1) is 5.10 Å². The van der Waals surface area contributed by atoms with Crippen LogP contribution >= 0.6 is 0 Å². The molecule has 1 amide bonds. The molecule has 7 heteroatoms. The summed E-state index contributed by atoms with van der Waals surface area (Å²) in [4.78, 5) is 21.8. The standard InChI is InChI=1S/C9H12N4O3/c14-8(10-6-1-2-6)3-4-13-5-7(9(15)16)11-12-13/h5-6H,1-4H2,(H,10,14)(H,15,16). The number of carboxylic acids is 1. The van der Waals surface area contributed by atoms with Gasteiger partial charge in [0.05, 0.1) is 12.7 Å². The molecule has 0 saturated heterocycles. The average molecular weight is 224 g/mol. The summed E-state index contributed by atoms with van der Waals surface area (Å²) in [6, 6.07) is 0.345. The second kappa shape index (κ2) is 4.30. The number of nitrogens with one attached hydrogen (secondary N) is 1. The molecule has 0 atom stereocenters. The molecule has 16 heavy (non-hydrogen) atoms. The topological polar surface area (TPSA) is 97.1 Å². The summed E-state index contributed by atoms with van der Waals surface area (Å²) in [5.41, 5.74) is -0.109. The minimum Gasteiger partial charge on any atom is -0.476 e. The highest BCUT2D eigenvalue weighted by molar-refractivity contribution is 5.84. The monoisotopic (exact) mass is 224 g/mol. The van der Waals surface area contributed by atoms with Gasteiger partial charge in [-0.05, 0) is 12.8 Å². The minimum absolute atomic E-state index is 0.0325. The fraction of sp³-hybridized carbons (Fsp3) is 0.556. The smallest absolute Gasteiger partial charge is 0.358 e. The van der Waals surface area contributed by atoms with E-state index in [4.69, 9.17) is 5.11 Å². The summed E-state index contributed by atoms with van der Waals surface area (Å²) < 4.78 is 1.36. The molecule has 0 unspecified atom stereocenters. The molecule has 0 bridgehead atoms. The number of carbonyl (C=O) groups excluding carboxylic acids is 1. The van der Waals surface area contributed by atoms with Crippen molar-refractivity contribution in [3.63, 3.8) is 0 Å². The molecule has 1 heterocycles. The Bertz CT molecular complexity index is 411. The predicted molar refractivity (Wildman–Crippen MR) is 52.8 cm³/mol. The predicted octanol–water partition coefficient (Wildman–Crippen LogP) is -0.355. The van der Waals surface area contributed by atoms with Crippen molar-refractivity contribution in [2.45, 2.75) is 31.8 Å². The maximum atomic E-state index is 11.3. The molecule has 1 aliphatic carbocycles. The number of carbonyl (C=O) groups is 2. The molecule has 2 rings (SSSR count). The van der Waals surface area contributed by atoms with Gasteiger partial charge in [0.2, 0.25) is 5.91 Å². The lowest BCUT2D eigenvalue weighted by atomic mass is 10.4. The number of aromatic carboxylic acids is 1. The molecular weight excluding hydrogens is 212 g/mol. The summed E-state index contributed by atoms with van der Waals surface area (Å²) in [6.45, 7) is 0.346. The van der Waals surface area contributed by atoms with E-state index in [9.17, 15) is 9.59 Å². The maximum absolute atomic E-state index is 11.3. The van der Waals surface area contributed by atoms with Crippen molar-refractivity contribution < 1.29 is 14.7 Å². The Labute approximate surface area is 91.4 Å². The van der Waals surface area contributed by atoms with E-state index in [0.29, 0.717) is 19.0 Å². The molecule has 0 aliphatic heterocycles. The summed E-state index contributed by atoms with van der Waals surface area (Å²) >= 11 is 0. The number of rotatable bonds is 5. The van der Waals surface area contributed by atoms with Gasteiger partial charge in [0.15, 0.2) is 5.69 Å². The summed E-state index contributed by atoms with van der Waals surface area (Å²) in [7, 11) is 0. The van der Waals surface area contributed by atoms with Crippen LogP contribution in [0.25, 0.3) is 0 Å². The van der Waals surface area contributed by atoms with Crippen LogP contribution in [0, 0.1) is 0 Å². The van der Waals surface area contributed by atoms with Crippen molar-refractivity contribution in [3.8, 4) is 0 Å². The van der Waals surface area contributed by atoms with Crippen LogP contribution in [0.1, 0.15) is 29.8 Å². The van der Waals surface area contributed by atoms with Crippen LogP contribution in [0.2, 0.25) is 0 Å². The Morgan fingerprint density at radius 2 is 2.31 bits per heavy atom. The van der Waals surface area contributed by atoms with Gasteiger partial charge in [-0.2, -0.15) is 0 Å². The van der Waals surface area contributed by atoms with Crippen LogP contribution in [0.3, 0.4) is 0 Å². The van der Waals surface area contributed by atoms with Gasteiger partial charge in [-0.25, -0.2) is 4.79 Å². The number of aromatic nitrogens is 3. The summed E-state index contributed by atoms with van der Waals surface area (Å²) in [5.74, 6) is -1.15. The van der Waals surface area contributed by atoms with Crippen LogP contribution in [0.15, 0.2) is 6.20 Å². The molecule has 1 aliphatic rings. The lowest BCUT2D eigenvalue weighted by molar-refractivity contribution is -0.121. The fourth-order valence-corrected chi connectivity index (χ4v) is 1.25. The zero-order valence-electron chi connectivity index (χ0n) is 8.59. The zero-order chi connectivity index (χ0) is 11.5. The SMILES string of the molecule is O=C(CCn1cc(C(=O)O)nn1)NC1CC1. The first-order valence-electron chi connectivity index (χ1n) is 5.08. The molecule has 0 radical (unpaired) electrons. The number of hydrogen-bond acceptors (Lipinski definition) is 4. The van der Waals surface area contributed by atoms with Gasteiger partial charge in [-0.1, -0.05) is 5.21 Å². The Morgan fingerprint density at radius 1 is 1.56 bits per heavy atom. The number of carboxylic acid groups (broad SMARTS) is 1. The lowest BCUT2D eigenvalue weighted by Gasteiger charge is -2.02. The molecule has 86 valence electrons. The van der Waals surface area contributed by atoms with Gasteiger partial charge in [0, 0.05) is 12.5 Å². The van der Waals surface area contributed by atoms with Crippen LogP contribution in [-0.2, 0) is 11.3 Å². The third-order valence-corrected chi connectivity index (χ3v) is 2.27. The number of nitrogens with zero attached hydrogens (tertiary/aromatic N) is 3. The van der Waals surface area contributed by atoms with Crippen molar-refractivity contribution >= 4 is 11.9 Å². The van der Waals surface area contributed by atoms with Crippen LogP contribution in [0.5, 0.6) is 0 Å². The highest BCUT2D eigenvalue weighted by Crippen LogP contribution is 2.18. The third kappa shape index (κ3) is 2.78. The highest BCUT2D eigenvalue weighted by atomic mass is 16.4. The van der Waals surface area contributed by atoms with E-state index in [1.54, 1.807) is 0 Å². The quantitative estimate of drug-likeness (QED) is 0.712. The van der Waals surface area contributed by atoms with Crippen molar-refractivity contribution in [1.82, 2.24) is 20.3 Å². The second-order valence-electron chi connectivity index (χ2n) is 3.76. The third-order valence-electron chi connectivity index (χ3n) is 2.27. The van der Waals surface area contributed by atoms with E-state index in [0.717, 1.165) is 12.8 Å². The second-order valence-corrected chi connectivity index (χ2v) is 3.76. The molecule has 0 spiro atoms. The minimum atomic E-state index is -1.12. The van der Waals surface area contributed by atoms with Crippen molar-refractivity contribution in [1.29, 1.82) is 0 Å². The first-order valence-corrected chi connectivity index (χ1v) is 5.08. The Kier molecular flexibility index (Phi) is 2.84. The molecule has 7 nitrogen and oxygen atoms in total. The Hall–Kier alpha value is -1.92. The largest absolute Gasteiger partial charge is 0.476 e. The molecule has 1 aromatic rings. The van der Waals surface area contributed by atoms with Gasteiger partial charge in [0.25, 0.3) is 0 Å². The van der Waals surface area contributed by atoms with E-state index in [1.165, 1.54) is 10.9 Å². The van der Waals surface area contributed by atoms with Crippen molar-refractivity contribution in [2.24, 2.45) is 0 Å². The van der Waals surface area contributed by atoms with Crippen LogP contribution in [-0.4, -0.2) is 38.0 Å². The Morgan fingerprint density at radius 3 is 2.88 bits per heavy atom. The number of aryl methyl sites for hydroxylation is 1. The Balaban J connectivity index is 1.79. The van der Waals surface area contributed by atoms with E-state index in [-0.39, 0.29) is 11.6 Å². The van der Waals surface area contributed by atoms with Gasteiger partial charge >= 0.3 is 5.97 Å². The van der Waals surface area contributed by atoms with Crippen LogP contribution in [0.4, 0.5) is 0 Å². The number of hydrogen-bond donors (Lipinski definition) is 2. The van der Waals surface area contributed by atoms with E-state index < -0.39 is 5.97 Å². The molecule has 1 fully saturated rings. The van der Waals surface area contributed by atoms with Crippen molar-refractivity contribution in [2.75, 3.05) is 0 Å². The lowest BCUT2D eigenvalue weighted by Crippen LogP contribution is -2.26. The zero-order valence-corrected chi connectivity index (χ0v) is 8.59. The van der Waals surface area contributed by atoms with E-state index >= 15 is 0 Å². The molecule has 0 aromatic carbocycles. The summed E-state index contributed by atoms with van der Waals surface area (Å²) in [6.07, 6.45) is 3.71. The van der Waals surface area contributed by atoms with Crippen molar-refractivity contribution in [3.05, 3.63) is 11.9 Å². The van der Waals surface area contributed by atoms with Gasteiger partial charge in [0.1, 0.15) is 0 Å². The first kappa shape index (κ1) is 10.6. The molecular formula is C9H12N4O3. The van der Waals surface area contributed by atoms with Crippen LogP contribution < -0.4 is 5.32 Å². The maximum Gasteiger partial charge on any atom is 0.358 e. The molecule has 2 N–H and O–H groups in total. The summed E-state index contributed by atoms with van der Waals surface area (Å²) in [5, 5.41) is 18.5. The van der Waals surface area contributed by atoms with E-state index in [1.807, 2.05) is 0 Å². The fourth-order valence-electron chi connectivity index (χ4n) is 1.25. The molecule has 1 saturated carbocycles.